The molecule has 0 saturated carbocycles. The fourth-order valence-electron chi connectivity index (χ4n) is 3.20. The first kappa shape index (κ1) is 21.2. The van der Waals surface area contributed by atoms with Crippen LogP contribution in [0.15, 0.2) is 71.8 Å². The van der Waals surface area contributed by atoms with Gasteiger partial charge in [-0.25, -0.2) is 13.1 Å². The molecule has 6 nitrogen and oxygen atoms in total. The monoisotopic (exact) mass is 412 g/mol. The second kappa shape index (κ2) is 9.82. The van der Waals surface area contributed by atoms with Crippen molar-refractivity contribution in [1.82, 2.24) is 19.4 Å². The topological polar surface area (TPSA) is 67.2 Å². The zero-order valence-corrected chi connectivity index (χ0v) is 17.8. The van der Waals surface area contributed by atoms with Gasteiger partial charge >= 0.3 is 0 Å². The van der Waals surface area contributed by atoms with Crippen LogP contribution in [-0.4, -0.2) is 49.3 Å². The molecule has 3 rings (SSSR count). The summed E-state index contributed by atoms with van der Waals surface area (Å²) in [5, 5.41) is 4.60. The van der Waals surface area contributed by atoms with Gasteiger partial charge in [0.25, 0.3) is 0 Å². The summed E-state index contributed by atoms with van der Waals surface area (Å²) in [4.78, 5) is 2.39. The first-order valence-corrected chi connectivity index (χ1v) is 11.4. The number of rotatable bonds is 10. The maximum Gasteiger partial charge on any atom is 0.244 e. The average molecular weight is 413 g/mol. The van der Waals surface area contributed by atoms with Crippen LogP contribution in [-0.2, 0) is 16.6 Å². The smallest absolute Gasteiger partial charge is 0.244 e. The lowest BCUT2D eigenvalue weighted by molar-refractivity contribution is 0.309. The summed E-state index contributed by atoms with van der Waals surface area (Å²) >= 11 is 0. The highest BCUT2D eigenvalue weighted by atomic mass is 32.2. The molecule has 0 radical (unpaired) electrons. The van der Waals surface area contributed by atoms with Crippen molar-refractivity contribution in [3.05, 3.63) is 72.4 Å². The van der Waals surface area contributed by atoms with E-state index >= 15 is 0 Å². The molecule has 1 N–H and O–H groups in total. The Morgan fingerprint density at radius 3 is 2.21 bits per heavy atom. The Morgan fingerprint density at radius 2 is 1.59 bits per heavy atom. The Balaban J connectivity index is 1.89. The summed E-state index contributed by atoms with van der Waals surface area (Å²) in [5.74, 6) is 0. The SMILES string of the molecule is CCN(CC)CCNS(=O)(=O)c1cn(Cc2ccccc2)nc1-c1ccccc1. The van der Waals surface area contributed by atoms with Gasteiger partial charge in [-0.3, -0.25) is 4.68 Å². The van der Waals surface area contributed by atoms with E-state index in [9.17, 15) is 8.42 Å². The summed E-state index contributed by atoms with van der Waals surface area (Å²) < 4.78 is 30.6. The number of aromatic nitrogens is 2. The zero-order valence-electron chi connectivity index (χ0n) is 17.0. The minimum absolute atomic E-state index is 0.208. The van der Waals surface area contributed by atoms with Crippen molar-refractivity contribution in [2.24, 2.45) is 0 Å². The first-order valence-electron chi connectivity index (χ1n) is 9.92. The van der Waals surface area contributed by atoms with Gasteiger partial charge in [-0.05, 0) is 18.7 Å². The highest BCUT2D eigenvalue weighted by molar-refractivity contribution is 7.89. The van der Waals surface area contributed by atoms with Gasteiger partial charge in [0.15, 0.2) is 0 Å². The lowest BCUT2D eigenvalue weighted by Crippen LogP contribution is -2.34. The third kappa shape index (κ3) is 5.53. The molecule has 2 aromatic carbocycles. The third-order valence-electron chi connectivity index (χ3n) is 4.87. The van der Waals surface area contributed by atoms with Crippen LogP contribution in [0.4, 0.5) is 0 Å². The zero-order chi connectivity index (χ0) is 20.7. The van der Waals surface area contributed by atoms with Crippen molar-refractivity contribution in [3.8, 4) is 11.3 Å². The molecule has 0 aliphatic rings. The van der Waals surface area contributed by atoms with Crippen LogP contribution in [0.2, 0.25) is 0 Å². The summed E-state index contributed by atoms with van der Waals surface area (Å²) in [5.41, 5.74) is 2.31. The van der Waals surface area contributed by atoms with Crippen molar-refractivity contribution in [1.29, 1.82) is 0 Å². The predicted molar refractivity (Wildman–Crippen MR) is 116 cm³/mol. The quantitative estimate of drug-likeness (QED) is 0.555. The van der Waals surface area contributed by atoms with Crippen LogP contribution in [0.3, 0.4) is 0 Å². The Bertz CT molecular complexity index is 998. The van der Waals surface area contributed by atoms with Crippen LogP contribution >= 0.6 is 0 Å². The normalized spacial score (nSPS) is 11.8. The average Bonchev–Trinajstić information content (AvgIpc) is 3.17. The Morgan fingerprint density at radius 1 is 0.966 bits per heavy atom. The minimum Gasteiger partial charge on any atom is -0.303 e. The number of nitrogens with zero attached hydrogens (tertiary/aromatic N) is 3. The molecule has 0 spiro atoms. The molecule has 1 aromatic heterocycles. The van der Waals surface area contributed by atoms with Gasteiger partial charge in [-0.15, -0.1) is 0 Å². The molecule has 3 aromatic rings. The van der Waals surface area contributed by atoms with Gasteiger partial charge in [-0.1, -0.05) is 74.5 Å². The molecular weight excluding hydrogens is 384 g/mol. The van der Waals surface area contributed by atoms with E-state index in [2.05, 4.69) is 28.6 Å². The van der Waals surface area contributed by atoms with Gasteiger partial charge in [-0.2, -0.15) is 5.10 Å². The fourth-order valence-corrected chi connectivity index (χ4v) is 4.39. The Labute approximate surface area is 173 Å². The lowest BCUT2D eigenvalue weighted by atomic mass is 10.2. The maximum atomic E-state index is 13.1. The van der Waals surface area contributed by atoms with Crippen LogP contribution in [0.1, 0.15) is 19.4 Å². The lowest BCUT2D eigenvalue weighted by Gasteiger charge is -2.17. The van der Waals surface area contributed by atoms with Crippen LogP contribution in [0.5, 0.6) is 0 Å². The second-order valence-electron chi connectivity index (χ2n) is 6.82. The highest BCUT2D eigenvalue weighted by Crippen LogP contribution is 2.26. The van der Waals surface area contributed by atoms with E-state index < -0.39 is 10.0 Å². The number of sulfonamides is 1. The van der Waals surface area contributed by atoms with E-state index in [0.29, 0.717) is 25.3 Å². The molecule has 7 heteroatoms. The molecule has 0 amide bonds. The standard InChI is InChI=1S/C22H28N4O2S/c1-3-25(4-2)16-15-23-29(27,28)21-18-26(17-19-11-7-5-8-12-19)24-22(21)20-13-9-6-10-14-20/h5-14,18,23H,3-4,15-17H2,1-2H3. The minimum atomic E-state index is -3.68. The van der Waals surface area contributed by atoms with Crippen molar-refractivity contribution in [2.45, 2.75) is 25.3 Å². The van der Waals surface area contributed by atoms with Gasteiger partial charge in [0.2, 0.25) is 10.0 Å². The van der Waals surface area contributed by atoms with Crippen molar-refractivity contribution >= 4 is 10.0 Å². The molecule has 29 heavy (non-hydrogen) atoms. The summed E-state index contributed by atoms with van der Waals surface area (Å²) in [6, 6.07) is 19.3. The van der Waals surface area contributed by atoms with Crippen LogP contribution in [0.25, 0.3) is 11.3 Å². The van der Waals surface area contributed by atoms with Gasteiger partial charge in [0.05, 0.1) is 6.54 Å². The molecule has 0 aliphatic carbocycles. The Kier molecular flexibility index (Phi) is 7.19. The van der Waals surface area contributed by atoms with Crippen molar-refractivity contribution < 1.29 is 8.42 Å². The second-order valence-corrected chi connectivity index (χ2v) is 8.55. The molecule has 1 heterocycles. The number of hydrogen-bond donors (Lipinski definition) is 1. The molecule has 0 bridgehead atoms. The third-order valence-corrected chi connectivity index (χ3v) is 6.33. The number of likely N-dealkylation sites (N-methyl/N-ethyl adjacent to an activating group) is 1. The number of benzene rings is 2. The molecule has 0 atom stereocenters. The van der Waals surface area contributed by atoms with E-state index in [1.165, 1.54) is 0 Å². The number of hydrogen-bond acceptors (Lipinski definition) is 4. The molecule has 0 saturated heterocycles. The van der Waals surface area contributed by atoms with Crippen molar-refractivity contribution in [3.63, 3.8) is 0 Å². The summed E-state index contributed by atoms with van der Waals surface area (Å²) in [7, 11) is -3.68. The van der Waals surface area contributed by atoms with E-state index in [1.54, 1.807) is 10.9 Å². The van der Waals surface area contributed by atoms with Gasteiger partial charge in [0, 0.05) is 24.8 Å². The van der Waals surface area contributed by atoms with Crippen molar-refractivity contribution in [2.75, 3.05) is 26.2 Å². The molecule has 154 valence electrons. The first-order chi connectivity index (χ1) is 14.0. The maximum absolute atomic E-state index is 13.1. The fraction of sp³-hybridized carbons (Fsp3) is 0.318. The Hall–Kier alpha value is -2.48. The van der Waals surface area contributed by atoms with Crippen LogP contribution < -0.4 is 4.72 Å². The molecular formula is C22H28N4O2S. The largest absolute Gasteiger partial charge is 0.303 e. The van der Waals surface area contributed by atoms with E-state index in [1.807, 2.05) is 60.7 Å². The molecule has 0 unspecified atom stereocenters. The van der Waals surface area contributed by atoms with Gasteiger partial charge in [0.1, 0.15) is 10.6 Å². The predicted octanol–water partition coefficient (Wildman–Crippen LogP) is 3.22. The molecule has 0 aliphatic heterocycles. The van der Waals surface area contributed by atoms with E-state index in [0.717, 1.165) is 24.2 Å². The highest BCUT2D eigenvalue weighted by Gasteiger charge is 2.23. The summed E-state index contributed by atoms with van der Waals surface area (Å²) in [6.07, 6.45) is 1.62. The van der Waals surface area contributed by atoms with Crippen LogP contribution in [0, 0.1) is 0 Å². The summed E-state index contributed by atoms with van der Waals surface area (Å²) in [6.45, 7) is 7.46. The van der Waals surface area contributed by atoms with Gasteiger partial charge < -0.3 is 4.90 Å². The number of nitrogens with one attached hydrogen (secondary N) is 1. The van der Waals surface area contributed by atoms with E-state index in [4.69, 9.17) is 0 Å². The van der Waals surface area contributed by atoms with E-state index in [-0.39, 0.29) is 4.90 Å². The molecule has 0 fully saturated rings.